The molecule has 0 aliphatic carbocycles. The lowest BCUT2D eigenvalue weighted by Crippen LogP contribution is -2.36. The summed E-state index contributed by atoms with van der Waals surface area (Å²) in [6, 6.07) is 20.0. The van der Waals surface area contributed by atoms with Crippen LogP contribution in [-0.4, -0.2) is 50.0 Å². The number of para-hydroxylation sites is 1. The van der Waals surface area contributed by atoms with Crippen molar-refractivity contribution in [3.05, 3.63) is 77.5 Å². The van der Waals surface area contributed by atoms with Crippen molar-refractivity contribution in [2.45, 2.75) is 19.9 Å². The van der Waals surface area contributed by atoms with Crippen LogP contribution in [0.2, 0.25) is 0 Å². The van der Waals surface area contributed by atoms with E-state index in [1.54, 1.807) is 28.4 Å². The Morgan fingerprint density at radius 3 is 2.19 bits per heavy atom. The van der Waals surface area contributed by atoms with Gasteiger partial charge in [-0.3, -0.25) is 0 Å². The maximum absolute atomic E-state index is 5.90. The van der Waals surface area contributed by atoms with Gasteiger partial charge in [0.25, 0.3) is 0 Å². The summed E-state index contributed by atoms with van der Waals surface area (Å²) in [7, 11) is 6.49. The number of aromatic amines is 1. The van der Waals surface area contributed by atoms with Gasteiger partial charge in [-0.25, -0.2) is 0 Å². The highest BCUT2D eigenvalue weighted by atomic mass is 32.1. The van der Waals surface area contributed by atoms with Gasteiger partial charge in [-0.1, -0.05) is 18.2 Å². The van der Waals surface area contributed by atoms with E-state index >= 15 is 0 Å². The van der Waals surface area contributed by atoms with E-state index < -0.39 is 0 Å². The van der Waals surface area contributed by atoms with Crippen molar-refractivity contribution in [2.75, 3.05) is 40.3 Å². The lowest BCUT2D eigenvalue weighted by atomic mass is 10.1. The second-order valence-corrected chi connectivity index (χ2v) is 9.02. The van der Waals surface area contributed by atoms with E-state index in [0.29, 0.717) is 35.5 Å². The fourth-order valence-corrected chi connectivity index (χ4v) is 4.75. The minimum absolute atomic E-state index is 0.556. The Kier molecular flexibility index (Phi) is 8.40. The first-order chi connectivity index (χ1) is 18.0. The lowest BCUT2D eigenvalue weighted by Gasteiger charge is -2.27. The minimum atomic E-state index is 0.556. The number of nitrogens with zero attached hydrogens (tertiary/aromatic N) is 1. The summed E-state index contributed by atoms with van der Waals surface area (Å²) in [5.74, 6) is 2.57. The van der Waals surface area contributed by atoms with Crippen molar-refractivity contribution in [3.63, 3.8) is 0 Å². The molecule has 0 saturated heterocycles. The average Bonchev–Trinajstić information content (AvgIpc) is 3.25. The zero-order chi connectivity index (χ0) is 26.4. The smallest absolute Gasteiger partial charge is 0.203 e. The van der Waals surface area contributed by atoms with Crippen molar-refractivity contribution in [1.29, 1.82) is 0 Å². The molecule has 2 N–H and O–H groups in total. The fraction of sp³-hybridized carbons (Fsp3) is 0.276. The van der Waals surface area contributed by atoms with E-state index in [9.17, 15) is 0 Å². The van der Waals surface area contributed by atoms with Crippen LogP contribution in [0.15, 0.2) is 60.7 Å². The topological polar surface area (TPSA) is 68.0 Å². The van der Waals surface area contributed by atoms with Crippen LogP contribution in [-0.2, 0) is 13.0 Å². The molecule has 0 radical (unpaired) electrons. The zero-order valence-corrected chi connectivity index (χ0v) is 22.7. The standard InChI is InChI=1S/C29H33N3O4S/c1-19-23(24-8-6-7-9-25(24)30-19)14-15-32(29(37)31-21-10-12-22(33-2)13-11-21)18-20-16-26(34-3)28(36-5)27(17-20)35-4/h6-13,16-17,30H,14-15,18H2,1-5H3,(H,31,37). The Bertz CT molecular complexity index is 1340. The number of methoxy groups -OCH3 is 4. The summed E-state index contributed by atoms with van der Waals surface area (Å²) in [5, 5.41) is 5.24. The lowest BCUT2D eigenvalue weighted by molar-refractivity contribution is 0.322. The third-order valence-corrected chi connectivity index (χ3v) is 6.75. The zero-order valence-electron chi connectivity index (χ0n) is 21.9. The van der Waals surface area contributed by atoms with Crippen LogP contribution in [0.1, 0.15) is 16.8 Å². The first-order valence-corrected chi connectivity index (χ1v) is 12.4. The molecule has 0 atom stereocenters. The molecule has 194 valence electrons. The Morgan fingerprint density at radius 1 is 0.892 bits per heavy atom. The van der Waals surface area contributed by atoms with Gasteiger partial charge in [-0.2, -0.15) is 0 Å². The maximum Gasteiger partial charge on any atom is 0.203 e. The molecule has 4 aromatic rings. The normalized spacial score (nSPS) is 10.7. The molecule has 7 nitrogen and oxygen atoms in total. The van der Waals surface area contributed by atoms with Crippen LogP contribution < -0.4 is 24.3 Å². The van der Waals surface area contributed by atoms with Crippen molar-refractivity contribution in [1.82, 2.24) is 9.88 Å². The van der Waals surface area contributed by atoms with Crippen LogP contribution >= 0.6 is 12.2 Å². The van der Waals surface area contributed by atoms with Gasteiger partial charge in [0.2, 0.25) is 5.75 Å². The van der Waals surface area contributed by atoms with Gasteiger partial charge in [0.05, 0.1) is 28.4 Å². The Labute approximate surface area is 223 Å². The molecule has 0 aliphatic heterocycles. The number of hydrogen-bond donors (Lipinski definition) is 2. The van der Waals surface area contributed by atoms with E-state index in [0.717, 1.165) is 28.9 Å². The maximum atomic E-state index is 5.90. The Balaban J connectivity index is 1.62. The first-order valence-electron chi connectivity index (χ1n) is 12.0. The number of ether oxygens (including phenoxy) is 4. The molecule has 0 fully saturated rings. The number of nitrogens with one attached hydrogen (secondary N) is 2. The molecule has 0 saturated carbocycles. The van der Waals surface area contributed by atoms with Gasteiger partial charge in [0, 0.05) is 35.4 Å². The van der Waals surface area contributed by atoms with E-state index in [1.807, 2.05) is 42.5 Å². The fourth-order valence-electron chi connectivity index (χ4n) is 4.48. The predicted octanol–water partition coefficient (Wildman–Crippen LogP) is 5.95. The van der Waals surface area contributed by atoms with Crippen LogP contribution in [0.4, 0.5) is 5.69 Å². The summed E-state index contributed by atoms with van der Waals surface area (Å²) in [6.45, 7) is 3.38. The predicted molar refractivity (Wildman–Crippen MR) is 152 cm³/mol. The molecule has 1 aromatic heterocycles. The molecule has 0 spiro atoms. The number of aromatic nitrogens is 1. The average molecular weight is 520 g/mol. The van der Waals surface area contributed by atoms with Gasteiger partial charge >= 0.3 is 0 Å². The second-order valence-electron chi connectivity index (χ2n) is 8.64. The SMILES string of the molecule is COc1ccc(NC(=S)N(CCc2c(C)[nH]c3ccccc23)Cc2cc(OC)c(OC)c(OC)c2)cc1. The van der Waals surface area contributed by atoms with Crippen LogP contribution in [0.25, 0.3) is 10.9 Å². The number of H-pyrrole nitrogens is 1. The summed E-state index contributed by atoms with van der Waals surface area (Å²) in [6.07, 6.45) is 0.824. The highest BCUT2D eigenvalue weighted by Gasteiger charge is 2.18. The molecule has 0 aliphatic rings. The highest BCUT2D eigenvalue weighted by Crippen LogP contribution is 2.38. The molecule has 0 bridgehead atoms. The first kappa shape index (κ1) is 26.2. The molecule has 0 unspecified atom stereocenters. The number of thiocarbonyl (C=S) groups is 1. The summed E-state index contributed by atoms with van der Waals surface area (Å²) >= 11 is 5.90. The quantitative estimate of drug-likeness (QED) is 0.251. The molecule has 8 heteroatoms. The molecule has 0 amide bonds. The van der Waals surface area contributed by atoms with Gasteiger partial charge < -0.3 is 34.1 Å². The monoisotopic (exact) mass is 519 g/mol. The summed E-state index contributed by atoms with van der Waals surface area (Å²) in [4.78, 5) is 5.65. The second kappa shape index (κ2) is 11.9. The summed E-state index contributed by atoms with van der Waals surface area (Å²) < 4.78 is 21.9. The molecule has 4 rings (SSSR count). The third-order valence-electron chi connectivity index (χ3n) is 6.39. The van der Waals surface area contributed by atoms with E-state index in [2.05, 4.69) is 40.3 Å². The van der Waals surface area contributed by atoms with Crippen molar-refractivity contribution in [3.8, 4) is 23.0 Å². The minimum Gasteiger partial charge on any atom is -0.497 e. The van der Waals surface area contributed by atoms with Crippen molar-refractivity contribution < 1.29 is 18.9 Å². The number of fused-ring (bicyclic) bond motifs is 1. The third kappa shape index (κ3) is 5.91. The van der Waals surface area contributed by atoms with Gasteiger partial charge in [-0.05, 0) is 79.2 Å². The molecule has 3 aromatic carbocycles. The van der Waals surface area contributed by atoms with Crippen LogP contribution in [0.5, 0.6) is 23.0 Å². The van der Waals surface area contributed by atoms with E-state index in [1.165, 1.54) is 16.6 Å². The van der Waals surface area contributed by atoms with E-state index in [-0.39, 0.29) is 0 Å². The van der Waals surface area contributed by atoms with Crippen molar-refractivity contribution >= 4 is 33.9 Å². The van der Waals surface area contributed by atoms with E-state index in [4.69, 9.17) is 31.2 Å². The Morgan fingerprint density at radius 2 is 1.57 bits per heavy atom. The largest absolute Gasteiger partial charge is 0.497 e. The van der Waals surface area contributed by atoms with Gasteiger partial charge in [0.15, 0.2) is 16.6 Å². The Hall–Kier alpha value is -3.91. The summed E-state index contributed by atoms with van der Waals surface area (Å²) in [5.41, 5.74) is 5.49. The van der Waals surface area contributed by atoms with Crippen LogP contribution in [0, 0.1) is 6.92 Å². The molecular weight excluding hydrogens is 486 g/mol. The molecule has 37 heavy (non-hydrogen) atoms. The molecule has 1 heterocycles. The number of hydrogen-bond acceptors (Lipinski definition) is 5. The number of rotatable bonds is 10. The molecular formula is C29H33N3O4S. The number of benzene rings is 3. The van der Waals surface area contributed by atoms with Gasteiger partial charge in [0.1, 0.15) is 5.75 Å². The number of aryl methyl sites for hydroxylation is 1. The highest BCUT2D eigenvalue weighted by molar-refractivity contribution is 7.80. The van der Waals surface area contributed by atoms with Gasteiger partial charge in [-0.15, -0.1) is 0 Å². The number of anilines is 1. The van der Waals surface area contributed by atoms with Crippen molar-refractivity contribution in [2.24, 2.45) is 0 Å². The van der Waals surface area contributed by atoms with Crippen LogP contribution in [0.3, 0.4) is 0 Å².